The van der Waals surface area contributed by atoms with Crippen LogP contribution in [-0.2, 0) is 16.4 Å². The van der Waals surface area contributed by atoms with Crippen molar-refractivity contribution in [2.45, 2.75) is 17.6 Å². The van der Waals surface area contributed by atoms with Crippen molar-refractivity contribution < 1.29 is 17.2 Å². The van der Waals surface area contributed by atoms with Crippen molar-refractivity contribution in [3.63, 3.8) is 0 Å². The summed E-state index contributed by atoms with van der Waals surface area (Å²) >= 11 is 1.02. The topological polar surface area (TPSA) is 72.2 Å². The van der Waals surface area contributed by atoms with E-state index in [2.05, 4.69) is 0 Å². The first kappa shape index (κ1) is 15.9. The van der Waals surface area contributed by atoms with Crippen molar-refractivity contribution in [1.82, 2.24) is 0 Å². The van der Waals surface area contributed by atoms with Crippen LogP contribution in [0.2, 0.25) is 0 Å². The summed E-state index contributed by atoms with van der Waals surface area (Å²) in [6.07, 6.45) is 0.549. The molecule has 0 bridgehead atoms. The van der Waals surface area contributed by atoms with Crippen molar-refractivity contribution in [2.75, 3.05) is 11.3 Å². The molecule has 8 heteroatoms. The maximum atomic E-state index is 13.9. The number of benzene rings is 1. The average Bonchev–Trinajstić information content (AvgIpc) is 2.89. The van der Waals surface area contributed by atoms with Gasteiger partial charge in [0.2, 0.25) is 0 Å². The Morgan fingerprint density at radius 3 is 2.62 bits per heavy atom. The highest BCUT2D eigenvalue weighted by atomic mass is 32.2. The molecule has 0 radical (unpaired) electrons. The van der Waals surface area contributed by atoms with E-state index in [1.165, 1.54) is 19.1 Å². The standard InChI is InChI=1S/C13H14F2N2O2S2/c1-8-2-4-10(14)13(12(8)15)17-21(18,19)11-5-3-9(20-11)6-7-16/h2-5,17H,6-7,16H2,1H3. The fourth-order valence-corrected chi connectivity index (χ4v) is 4.15. The van der Waals surface area contributed by atoms with Gasteiger partial charge in [-0.15, -0.1) is 11.3 Å². The lowest BCUT2D eigenvalue weighted by Gasteiger charge is -2.09. The smallest absolute Gasteiger partial charge is 0.271 e. The van der Waals surface area contributed by atoms with Crippen molar-refractivity contribution in [3.8, 4) is 0 Å². The van der Waals surface area contributed by atoms with Gasteiger partial charge < -0.3 is 5.73 Å². The molecule has 0 amide bonds. The van der Waals surface area contributed by atoms with Gasteiger partial charge >= 0.3 is 0 Å². The Labute approximate surface area is 125 Å². The molecule has 0 aliphatic heterocycles. The van der Waals surface area contributed by atoms with Crippen LogP contribution < -0.4 is 10.5 Å². The van der Waals surface area contributed by atoms with Gasteiger partial charge in [0.1, 0.15) is 15.7 Å². The van der Waals surface area contributed by atoms with E-state index in [0.717, 1.165) is 22.3 Å². The number of anilines is 1. The Hall–Kier alpha value is -1.51. The first-order valence-electron chi connectivity index (χ1n) is 6.11. The molecule has 0 saturated carbocycles. The summed E-state index contributed by atoms with van der Waals surface area (Å²) in [6.45, 7) is 1.83. The third-order valence-corrected chi connectivity index (χ3v) is 5.80. The van der Waals surface area contributed by atoms with Gasteiger partial charge in [-0.3, -0.25) is 4.72 Å². The molecule has 2 rings (SSSR count). The number of hydrogen-bond acceptors (Lipinski definition) is 4. The quantitative estimate of drug-likeness (QED) is 0.884. The van der Waals surface area contributed by atoms with Gasteiger partial charge in [-0.25, -0.2) is 17.2 Å². The largest absolute Gasteiger partial charge is 0.330 e. The summed E-state index contributed by atoms with van der Waals surface area (Å²) in [6, 6.07) is 5.29. The van der Waals surface area contributed by atoms with Crippen LogP contribution in [0.15, 0.2) is 28.5 Å². The minimum absolute atomic E-state index is 0.00810. The van der Waals surface area contributed by atoms with Crippen molar-refractivity contribution in [1.29, 1.82) is 0 Å². The third kappa shape index (κ3) is 3.39. The SMILES string of the molecule is Cc1ccc(F)c(NS(=O)(=O)c2ccc(CCN)s2)c1F. The predicted octanol–water partition coefficient (Wildman–Crippen LogP) is 2.64. The van der Waals surface area contributed by atoms with E-state index >= 15 is 0 Å². The third-order valence-electron chi connectivity index (χ3n) is 2.81. The number of thiophene rings is 1. The zero-order valence-electron chi connectivity index (χ0n) is 11.2. The van der Waals surface area contributed by atoms with Crippen LogP contribution in [0.3, 0.4) is 0 Å². The summed E-state index contributed by atoms with van der Waals surface area (Å²) in [5, 5.41) is 0. The molecule has 0 atom stereocenters. The lowest BCUT2D eigenvalue weighted by atomic mass is 10.2. The van der Waals surface area contributed by atoms with Gasteiger partial charge in [-0.05, 0) is 43.7 Å². The number of aryl methyl sites for hydroxylation is 1. The number of hydrogen-bond donors (Lipinski definition) is 2. The molecule has 4 nitrogen and oxygen atoms in total. The van der Waals surface area contributed by atoms with E-state index in [0.29, 0.717) is 13.0 Å². The predicted molar refractivity (Wildman–Crippen MR) is 79.0 cm³/mol. The van der Waals surface area contributed by atoms with Gasteiger partial charge in [0.05, 0.1) is 0 Å². The van der Waals surface area contributed by atoms with Crippen LogP contribution in [0.25, 0.3) is 0 Å². The second-order valence-corrected chi connectivity index (χ2v) is 7.50. The molecule has 0 spiro atoms. The molecule has 0 aliphatic rings. The van der Waals surface area contributed by atoms with Gasteiger partial charge in [0, 0.05) is 4.88 Å². The first-order valence-corrected chi connectivity index (χ1v) is 8.41. The fourth-order valence-electron chi connectivity index (χ4n) is 1.71. The number of sulfonamides is 1. The van der Waals surface area contributed by atoms with E-state index in [1.807, 2.05) is 4.72 Å². The van der Waals surface area contributed by atoms with Gasteiger partial charge in [0.15, 0.2) is 5.82 Å². The molecule has 1 aromatic carbocycles. The molecule has 0 saturated heterocycles. The van der Waals surface area contributed by atoms with Crippen LogP contribution in [0, 0.1) is 18.6 Å². The Balaban J connectivity index is 2.35. The highest BCUT2D eigenvalue weighted by molar-refractivity contribution is 7.94. The lowest BCUT2D eigenvalue weighted by molar-refractivity contribution is 0.579. The Bertz CT molecular complexity index is 758. The maximum absolute atomic E-state index is 13.9. The molecule has 1 aromatic heterocycles. The lowest BCUT2D eigenvalue weighted by Crippen LogP contribution is -2.14. The summed E-state index contributed by atoms with van der Waals surface area (Å²) in [5.41, 5.74) is 4.89. The summed E-state index contributed by atoms with van der Waals surface area (Å²) < 4.78 is 53.8. The summed E-state index contributed by atoms with van der Waals surface area (Å²) in [5.74, 6) is -1.88. The number of nitrogens with two attached hydrogens (primary N) is 1. The Morgan fingerprint density at radius 1 is 1.24 bits per heavy atom. The minimum atomic E-state index is -4.02. The molecular weight excluding hydrogens is 318 g/mol. The normalized spacial score (nSPS) is 11.6. The zero-order chi connectivity index (χ0) is 15.6. The number of nitrogens with one attached hydrogen (secondary N) is 1. The average molecular weight is 332 g/mol. The highest BCUT2D eigenvalue weighted by Gasteiger charge is 2.21. The second kappa shape index (κ2) is 6.08. The second-order valence-electron chi connectivity index (χ2n) is 4.42. The highest BCUT2D eigenvalue weighted by Crippen LogP contribution is 2.28. The Kier molecular flexibility index (Phi) is 4.60. The molecule has 0 unspecified atom stereocenters. The van der Waals surface area contributed by atoms with E-state index < -0.39 is 27.3 Å². The molecule has 114 valence electrons. The fraction of sp³-hybridized carbons (Fsp3) is 0.231. The summed E-state index contributed by atoms with van der Waals surface area (Å²) in [7, 11) is -4.02. The monoisotopic (exact) mass is 332 g/mol. The van der Waals surface area contributed by atoms with Crippen LogP contribution in [0.5, 0.6) is 0 Å². The van der Waals surface area contributed by atoms with Gasteiger partial charge in [-0.2, -0.15) is 0 Å². The number of rotatable bonds is 5. The molecule has 1 heterocycles. The minimum Gasteiger partial charge on any atom is -0.330 e. The molecular formula is C13H14F2N2O2S2. The molecule has 0 fully saturated rings. The molecule has 3 N–H and O–H groups in total. The number of halogens is 2. The van der Waals surface area contributed by atoms with Crippen molar-refractivity contribution in [2.24, 2.45) is 5.73 Å². The van der Waals surface area contributed by atoms with Crippen molar-refractivity contribution >= 4 is 27.0 Å². The summed E-state index contributed by atoms with van der Waals surface area (Å²) in [4.78, 5) is 0.795. The van der Waals surface area contributed by atoms with Crippen LogP contribution in [-0.4, -0.2) is 15.0 Å². The van der Waals surface area contributed by atoms with E-state index in [9.17, 15) is 17.2 Å². The molecule has 21 heavy (non-hydrogen) atoms. The van der Waals surface area contributed by atoms with Gasteiger partial charge in [-0.1, -0.05) is 6.07 Å². The Morgan fingerprint density at radius 2 is 1.95 bits per heavy atom. The van der Waals surface area contributed by atoms with Crippen LogP contribution >= 0.6 is 11.3 Å². The first-order chi connectivity index (χ1) is 9.85. The van der Waals surface area contributed by atoms with Gasteiger partial charge in [0.25, 0.3) is 10.0 Å². The zero-order valence-corrected chi connectivity index (χ0v) is 12.8. The van der Waals surface area contributed by atoms with Crippen LogP contribution in [0.1, 0.15) is 10.4 Å². The molecule has 0 aliphatic carbocycles. The van der Waals surface area contributed by atoms with E-state index in [4.69, 9.17) is 5.73 Å². The molecule has 2 aromatic rings. The maximum Gasteiger partial charge on any atom is 0.271 e. The van der Waals surface area contributed by atoms with Crippen molar-refractivity contribution in [3.05, 3.63) is 46.3 Å². The van der Waals surface area contributed by atoms with Crippen LogP contribution in [0.4, 0.5) is 14.5 Å². The van der Waals surface area contributed by atoms with E-state index in [-0.39, 0.29) is 9.77 Å². The van der Waals surface area contributed by atoms with E-state index in [1.54, 1.807) is 6.07 Å².